The lowest BCUT2D eigenvalue weighted by atomic mass is 9.99. The maximum absolute atomic E-state index is 12.4. The Morgan fingerprint density at radius 3 is 2.61 bits per heavy atom. The van der Waals surface area contributed by atoms with Crippen molar-refractivity contribution in [3.63, 3.8) is 0 Å². The molecule has 2 amide bonds. The molecule has 0 bridgehead atoms. The van der Waals surface area contributed by atoms with Crippen molar-refractivity contribution in [3.05, 3.63) is 0 Å². The molecular weight excluding hydrogens is 226 g/mol. The molecule has 1 unspecified atom stereocenters. The highest BCUT2D eigenvalue weighted by atomic mass is 16.2. The molecule has 1 atom stereocenters. The van der Waals surface area contributed by atoms with Gasteiger partial charge in [-0.1, -0.05) is 6.92 Å². The van der Waals surface area contributed by atoms with Gasteiger partial charge in [-0.3, -0.25) is 0 Å². The molecule has 0 aromatic carbocycles. The van der Waals surface area contributed by atoms with Crippen LogP contribution in [0.15, 0.2) is 0 Å². The number of carbonyl (C=O) groups is 1. The van der Waals surface area contributed by atoms with Gasteiger partial charge in [-0.2, -0.15) is 0 Å². The van der Waals surface area contributed by atoms with Crippen LogP contribution >= 0.6 is 0 Å². The summed E-state index contributed by atoms with van der Waals surface area (Å²) in [7, 11) is 0. The van der Waals surface area contributed by atoms with Crippen molar-refractivity contribution in [2.24, 2.45) is 5.92 Å². The highest BCUT2D eigenvalue weighted by molar-refractivity contribution is 5.74. The number of nitrogens with zero attached hydrogens (tertiary/aromatic N) is 2. The first kappa shape index (κ1) is 13.7. The minimum atomic E-state index is 0.248. The second-order valence-electron chi connectivity index (χ2n) is 5.78. The molecule has 104 valence electrons. The van der Waals surface area contributed by atoms with Gasteiger partial charge in [0.1, 0.15) is 0 Å². The maximum Gasteiger partial charge on any atom is 0.320 e. The van der Waals surface area contributed by atoms with Gasteiger partial charge in [0.2, 0.25) is 0 Å². The molecule has 18 heavy (non-hydrogen) atoms. The Morgan fingerprint density at radius 2 is 2.06 bits per heavy atom. The van der Waals surface area contributed by atoms with Crippen LogP contribution in [-0.4, -0.2) is 54.6 Å². The first-order chi connectivity index (χ1) is 8.70. The van der Waals surface area contributed by atoms with Crippen LogP contribution < -0.4 is 5.32 Å². The van der Waals surface area contributed by atoms with Crippen molar-refractivity contribution in [3.8, 4) is 0 Å². The van der Waals surface area contributed by atoms with E-state index in [1.807, 2.05) is 9.80 Å². The van der Waals surface area contributed by atoms with Crippen LogP contribution in [0.3, 0.4) is 0 Å². The third kappa shape index (κ3) is 3.37. The van der Waals surface area contributed by atoms with Crippen LogP contribution in [0.4, 0.5) is 4.79 Å². The van der Waals surface area contributed by atoms with Gasteiger partial charge in [0.15, 0.2) is 0 Å². The SMILES string of the molecule is CCN(CC1CCCN1)C(=O)N1CCC(C)CC1. The van der Waals surface area contributed by atoms with E-state index in [2.05, 4.69) is 19.2 Å². The molecule has 4 heteroatoms. The number of hydrogen-bond donors (Lipinski definition) is 1. The predicted molar refractivity (Wildman–Crippen MR) is 73.6 cm³/mol. The fraction of sp³-hybridized carbons (Fsp3) is 0.929. The summed E-state index contributed by atoms with van der Waals surface area (Å²) < 4.78 is 0. The number of urea groups is 1. The molecule has 2 rings (SSSR count). The van der Waals surface area contributed by atoms with Crippen LogP contribution in [0.1, 0.15) is 39.5 Å². The number of amides is 2. The molecular formula is C14H27N3O. The number of carbonyl (C=O) groups excluding carboxylic acids is 1. The quantitative estimate of drug-likeness (QED) is 0.834. The molecule has 0 radical (unpaired) electrons. The van der Waals surface area contributed by atoms with Gasteiger partial charge in [-0.25, -0.2) is 4.79 Å². The molecule has 2 fully saturated rings. The Hall–Kier alpha value is -0.770. The second-order valence-corrected chi connectivity index (χ2v) is 5.78. The number of likely N-dealkylation sites (tertiary alicyclic amines) is 1. The Labute approximate surface area is 111 Å². The van der Waals surface area contributed by atoms with Crippen LogP contribution in [-0.2, 0) is 0 Å². The summed E-state index contributed by atoms with van der Waals surface area (Å²) >= 11 is 0. The number of likely N-dealkylation sites (N-methyl/N-ethyl adjacent to an activating group) is 1. The zero-order chi connectivity index (χ0) is 13.0. The molecule has 1 N–H and O–H groups in total. The third-order valence-corrected chi connectivity index (χ3v) is 4.31. The summed E-state index contributed by atoms with van der Waals surface area (Å²) in [6.07, 6.45) is 4.77. The first-order valence-corrected chi connectivity index (χ1v) is 7.48. The van der Waals surface area contributed by atoms with Gasteiger partial charge in [0.05, 0.1) is 0 Å². The van der Waals surface area contributed by atoms with Gasteiger partial charge in [0, 0.05) is 32.2 Å². The van der Waals surface area contributed by atoms with Gasteiger partial charge in [-0.05, 0) is 45.1 Å². The zero-order valence-electron chi connectivity index (χ0n) is 11.8. The van der Waals surface area contributed by atoms with E-state index in [0.717, 1.165) is 51.5 Å². The molecule has 0 aliphatic carbocycles. The van der Waals surface area contributed by atoms with Gasteiger partial charge >= 0.3 is 6.03 Å². The summed E-state index contributed by atoms with van der Waals surface area (Å²) in [5.41, 5.74) is 0. The van der Waals surface area contributed by atoms with Crippen LogP contribution in [0.25, 0.3) is 0 Å². The Bertz CT molecular complexity index is 268. The second kappa shape index (κ2) is 6.41. The van der Waals surface area contributed by atoms with Crippen molar-refractivity contribution < 1.29 is 4.79 Å². The van der Waals surface area contributed by atoms with E-state index in [-0.39, 0.29) is 6.03 Å². The van der Waals surface area contributed by atoms with E-state index in [9.17, 15) is 4.79 Å². The molecule has 0 aromatic rings. The van der Waals surface area contributed by atoms with Crippen molar-refractivity contribution >= 4 is 6.03 Å². The lowest BCUT2D eigenvalue weighted by molar-refractivity contribution is 0.133. The van der Waals surface area contributed by atoms with Gasteiger partial charge in [-0.15, -0.1) is 0 Å². The summed E-state index contributed by atoms with van der Waals surface area (Å²) in [6, 6.07) is 0.760. The van der Waals surface area contributed by atoms with Crippen molar-refractivity contribution in [2.45, 2.75) is 45.6 Å². The monoisotopic (exact) mass is 253 g/mol. The summed E-state index contributed by atoms with van der Waals surface area (Å²) in [4.78, 5) is 16.5. The van der Waals surface area contributed by atoms with E-state index in [0.29, 0.717) is 6.04 Å². The van der Waals surface area contributed by atoms with Crippen LogP contribution in [0.2, 0.25) is 0 Å². The van der Waals surface area contributed by atoms with E-state index in [1.165, 1.54) is 12.8 Å². The van der Waals surface area contributed by atoms with E-state index in [1.54, 1.807) is 0 Å². The molecule has 0 aromatic heterocycles. The molecule has 2 heterocycles. The number of hydrogen-bond acceptors (Lipinski definition) is 2. The van der Waals surface area contributed by atoms with E-state index in [4.69, 9.17) is 0 Å². The smallest absolute Gasteiger partial charge is 0.320 e. The van der Waals surface area contributed by atoms with E-state index >= 15 is 0 Å². The van der Waals surface area contributed by atoms with Crippen molar-refractivity contribution in [1.29, 1.82) is 0 Å². The van der Waals surface area contributed by atoms with Gasteiger partial charge in [0.25, 0.3) is 0 Å². The van der Waals surface area contributed by atoms with Crippen molar-refractivity contribution in [1.82, 2.24) is 15.1 Å². The average molecular weight is 253 g/mol. The Balaban J connectivity index is 1.84. The Kier molecular flexibility index (Phi) is 4.87. The lowest BCUT2D eigenvalue weighted by Crippen LogP contribution is -2.49. The molecule has 0 spiro atoms. The maximum atomic E-state index is 12.4. The zero-order valence-corrected chi connectivity index (χ0v) is 11.8. The normalized spacial score (nSPS) is 25.4. The molecule has 2 saturated heterocycles. The fourth-order valence-corrected chi connectivity index (χ4v) is 2.92. The molecule has 2 aliphatic rings. The average Bonchev–Trinajstić information content (AvgIpc) is 2.89. The molecule has 4 nitrogen and oxygen atoms in total. The lowest BCUT2D eigenvalue weighted by Gasteiger charge is -2.35. The largest absolute Gasteiger partial charge is 0.325 e. The fourth-order valence-electron chi connectivity index (χ4n) is 2.92. The topological polar surface area (TPSA) is 35.6 Å². The highest BCUT2D eigenvalue weighted by Gasteiger charge is 2.26. The summed E-state index contributed by atoms with van der Waals surface area (Å²) in [6.45, 7) is 9.05. The summed E-state index contributed by atoms with van der Waals surface area (Å²) in [5.74, 6) is 0.778. The first-order valence-electron chi connectivity index (χ1n) is 7.48. The standard InChI is InChI=1S/C14H27N3O/c1-3-16(11-13-5-4-8-15-13)14(18)17-9-6-12(2)7-10-17/h12-13,15H,3-11H2,1-2H3. The number of nitrogens with one attached hydrogen (secondary N) is 1. The number of piperidine rings is 1. The predicted octanol–water partition coefficient (Wildman–Crippen LogP) is 1.91. The molecule has 2 aliphatic heterocycles. The Morgan fingerprint density at radius 1 is 1.33 bits per heavy atom. The number of rotatable bonds is 3. The summed E-state index contributed by atoms with van der Waals surface area (Å²) in [5, 5.41) is 3.47. The van der Waals surface area contributed by atoms with E-state index < -0.39 is 0 Å². The van der Waals surface area contributed by atoms with Crippen molar-refractivity contribution in [2.75, 3.05) is 32.7 Å². The third-order valence-electron chi connectivity index (χ3n) is 4.31. The van der Waals surface area contributed by atoms with Crippen LogP contribution in [0, 0.1) is 5.92 Å². The minimum absolute atomic E-state index is 0.248. The molecule has 0 saturated carbocycles. The van der Waals surface area contributed by atoms with Crippen LogP contribution in [0.5, 0.6) is 0 Å². The van der Waals surface area contributed by atoms with Gasteiger partial charge < -0.3 is 15.1 Å². The highest BCUT2D eigenvalue weighted by Crippen LogP contribution is 2.18. The minimum Gasteiger partial charge on any atom is -0.325 e.